The first-order valence-electron chi connectivity index (χ1n) is 15.6. The van der Waals surface area contributed by atoms with E-state index in [4.69, 9.17) is 18.9 Å². The zero-order chi connectivity index (χ0) is 32.3. The van der Waals surface area contributed by atoms with Crippen LogP contribution in [0.2, 0.25) is 0 Å². The lowest BCUT2D eigenvalue weighted by molar-refractivity contribution is -0.218. The Bertz CT molecular complexity index is 1610. The van der Waals surface area contributed by atoms with E-state index in [2.05, 4.69) is 69.0 Å². The summed E-state index contributed by atoms with van der Waals surface area (Å²) in [7, 11) is 0. The summed E-state index contributed by atoms with van der Waals surface area (Å²) < 4.78 is 26.8. The van der Waals surface area contributed by atoms with Crippen LogP contribution in [-0.4, -0.2) is 35.1 Å². The molecule has 0 aliphatic carbocycles. The van der Waals surface area contributed by atoms with Gasteiger partial charge in [-0.2, -0.15) is 0 Å². The van der Waals surface area contributed by atoms with Gasteiger partial charge in [-0.1, -0.05) is 179 Å². The number of nitrogens with zero attached hydrogens (tertiary/aromatic N) is 3. The summed E-state index contributed by atoms with van der Waals surface area (Å²) in [5, 5.41) is 4.05. The highest BCUT2D eigenvalue weighted by molar-refractivity contribution is 14.1. The zero-order valence-corrected chi connectivity index (χ0v) is 28.0. The van der Waals surface area contributed by atoms with Gasteiger partial charge in [-0.15, -0.1) is 0 Å². The smallest absolute Gasteiger partial charge is 0.151 e. The van der Waals surface area contributed by atoms with Crippen LogP contribution in [0.25, 0.3) is 10.4 Å². The SMILES string of the molecule is [N-]=[N+]=NC1OC(COC(c2ccccc2)(c2ccccc2)c2ccccc2)C(OCc2ccccc2)C(OCc2ccccc2)C1I. The van der Waals surface area contributed by atoms with Crippen LogP contribution in [0.3, 0.4) is 0 Å². The van der Waals surface area contributed by atoms with E-state index in [-0.39, 0.29) is 10.5 Å². The molecule has 0 bridgehead atoms. The Morgan fingerprint density at radius 2 is 1.02 bits per heavy atom. The largest absolute Gasteiger partial charge is 0.370 e. The third kappa shape index (κ3) is 7.76. The maximum absolute atomic E-state index is 9.51. The second-order valence-corrected chi connectivity index (χ2v) is 12.8. The fourth-order valence-electron chi connectivity index (χ4n) is 6.06. The van der Waals surface area contributed by atoms with Crippen molar-refractivity contribution in [2.75, 3.05) is 6.61 Å². The lowest BCUT2D eigenvalue weighted by Gasteiger charge is -2.45. The fourth-order valence-corrected chi connectivity index (χ4v) is 6.99. The Morgan fingerprint density at radius 1 is 0.617 bits per heavy atom. The normalized spacial score (nSPS) is 21.1. The predicted octanol–water partition coefficient (Wildman–Crippen LogP) is 9.00. The minimum Gasteiger partial charge on any atom is -0.370 e. The summed E-state index contributed by atoms with van der Waals surface area (Å²) in [5.41, 5.74) is 13.5. The number of rotatable bonds is 13. The van der Waals surface area contributed by atoms with Crippen molar-refractivity contribution in [3.63, 3.8) is 0 Å². The number of azide groups is 1. The second kappa shape index (κ2) is 16.2. The number of benzene rings is 5. The van der Waals surface area contributed by atoms with Gasteiger partial charge < -0.3 is 18.9 Å². The van der Waals surface area contributed by atoms with Crippen LogP contribution in [0.15, 0.2) is 157 Å². The van der Waals surface area contributed by atoms with E-state index in [0.29, 0.717) is 13.2 Å². The predicted molar refractivity (Wildman–Crippen MR) is 191 cm³/mol. The van der Waals surface area contributed by atoms with Gasteiger partial charge in [0.1, 0.15) is 23.9 Å². The third-order valence-corrected chi connectivity index (χ3v) is 9.66. The number of hydrogen-bond acceptors (Lipinski definition) is 5. The van der Waals surface area contributed by atoms with Crippen molar-refractivity contribution in [1.29, 1.82) is 0 Å². The molecule has 0 spiro atoms. The fraction of sp³-hybridized carbons (Fsp3) is 0.231. The van der Waals surface area contributed by atoms with E-state index >= 15 is 0 Å². The summed E-state index contributed by atoms with van der Waals surface area (Å²) in [6.07, 6.45) is -2.41. The van der Waals surface area contributed by atoms with E-state index < -0.39 is 30.1 Å². The Morgan fingerprint density at radius 3 is 1.45 bits per heavy atom. The highest BCUT2D eigenvalue weighted by Crippen LogP contribution is 2.42. The number of alkyl halides is 1. The molecule has 5 aromatic carbocycles. The van der Waals surface area contributed by atoms with Crippen molar-refractivity contribution < 1.29 is 18.9 Å². The molecular formula is C39H36IN3O4. The lowest BCUT2D eigenvalue weighted by atomic mass is 9.80. The molecule has 1 heterocycles. The number of hydrogen-bond donors (Lipinski definition) is 0. The van der Waals surface area contributed by atoms with Gasteiger partial charge in [0.2, 0.25) is 0 Å². The molecule has 1 aliphatic rings. The maximum atomic E-state index is 9.51. The van der Waals surface area contributed by atoms with Crippen LogP contribution >= 0.6 is 22.6 Å². The van der Waals surface area contributed by atoms with Crippen molar-refractivity contribution in [2.45, 2.75) is 47.3 Å². The molecule has 6 rings (SSSR count). The summed E-state index contributed by atoms with van der Waals surface area (Å²) in [5.74, 6) is 0. The molecule has 1 saturated heterocycles. The van der Waals surface area contributed by atoms with E-state index in [1.54, 1.807) is 0 Å². The number of halogens is 1. The molecule has 238 valence electrons. The van der Waals surface area contributed by atoms with Gasteiger partial charge in [0, 0.05) is 4.91 Å². The summed E-state index contributed by atoms with van der Waals surface area (Å²) in [6, 6.07) is 50.7. The first kappa shape index (κ1) is 32.9. The molecule has 5 aromatic rings. The summed E-state index contributed by atoms with van der Waals surface area (Å²) >= 11 is 2.26. The van der Waals surface area contributed by atoms with Crippen LogP contribution in [0.5, 0.6) is 0 Å². The van der Waals surface area contributed by atoms with Gasteiger partial charge in [0.05, 0.1) is 23.7 Å². The molecule has 47 heavy (non-hydrogen) atoms. The van der Waals surface area contributed by atoms with Gasteiger partial charge >= 0.3 is 0 Å². The van der Waals surface area contributed by atoms with Crippen LogP contribution < -0.4 is 0 Å². The first-order chi connectivity index (χ1) is 23.2. The van der Waals surface area contributed by atoms with Gasteiger partial charge in [-0.05, 0) is 33.3 Å². The molecule has 7 nitrogen and oxygen atoms in total. The Kier molecular flexibility index (Phi) is 11.3. The molecule has 0 N–H and O–H groups in total. The molecule has 1 aliphatic heterocycles. The van der Waals surface area contributed by atoms with E-state index in [0.717, 1.165) is 27.8 Å². The van der Waals surface area contributed by atoms with Crippen molar-refractivity contribution in [1.82, 2.24) is 0 Å². The average Bonchev–Trinajstić information content (AvgIpc) is 3.14. The molecule has 0 amide bonds. The van der Waals surface area contributed by atoms with Gasteiger partial charge in [0.25, 0.3) is 0 Å². The third-order valence-electron chi connectivity index (χ3n) is 8.33. The molecule has 5 unspecified atom stereocenters. The van der Waals surface area contributed by atoms with Gasteiger partial charge in [-0.25, -0.2) is 0 Å². The topological polar surface area (TPSA) is 85.7 Å². The summed E-state index contributed by atoms with van der Waals surface area (Å²) in [6.45, 7) is 0.853. The lowest BCUT2D eigenvalue weighted by Crippen LogP contribution is -2.58. The maximum Gasteiger partial charge on any atom is 0.151 e. The van der Waals surface area contributed by atoms with Crippen molar-refractivity contribution in [3.05, 3.63) is 190 Å². The quantitative estimate of drug-likeness (QED) is 0.0302. The van der Waals surface area contributed by atoms with Crippen LogP contribution in [0.1, 0.15) is 27.8 Å². The monoisotopic (exact) mass is 737 g/mol. The Balaban J connectivity index is 1.39. The average molecular weight is 738 g/mol. The Hall–Kier alpha value is -4.02. The molecule has 8 heteroatoms. The highest BCUT2D eigenvalue weighted by atomic mass is 127. The van der Waals surface area contributed by atoms with Crippen LogP contribution in [0, 0.1) is 0 Å². The van der Waals surface area contributed by atoms with Crippen molar-refractivity contribution in [2.24, 2.45) is 5.11 Å². The molecule has 0 aromatic heterocycles. The summed E-state index contributed by atoms with van der Waals surface area (Å²) in [4.78, 5) is 3.13. The number of ether oxygens (including phenoxy) is 4. The van der Waals surface area contributed by atoms with E-state index in [1.165, 1.54) is 0 Å². The van der Waals surface area contributed by atoms with Gasteiger partial charge in [-0.3, -0.25) is 0 Å². The first-order valence-corrected chi connectivity index (χ1v) is 16.9. The van der Waals surface area contributed by atoms with Crippen LogP contribution in [0.4, 0.5) is 0 Å². The van der Waals surface area contributed by atoms with Crippen LogP contribution in [-0.2, 0) is 37.8 Å². The molecule has 5 atom stereocenters. The van der Waals surface area contributed by atoms with Crippen molar-refractivity contribution in [3.8, 4) is 0 Å². The van der Waals surface area contributed by atoms with E-state index in [1.807, 2.05) is 115 Å². The molecule has 0 radical (unpaired) electrons. The Labute approximate surface area is 289 Å². The second-order valence-electron chi connectivity index (χ2n) is 11.3. The minimum absolute atomic E-state index is 0.129. The standard InChI is InChI=1S/C39H36IN3O4/c40-35-37(45-27-30-18-8-2-9-19-30)36(44-26-29-16-6-1-7-17-29)34(47-38(35)42-43-41)28-46-39(31-20-10-3-11-21-31,32-22-12-4-13-23-32)33-24-14-5-15-25-33/h1-25,34-38H,26-28H2. The molecular weight excluding hydrogens is 701 g/mol. The molecule has 0 saturated carbocycles. The zero-order valence-electron chi connectivity index (χ0n) is 25.8. The highest BCUT2D eigenvalue weighted by Gasteiger charge is 2.48. The van der Waals surface area contributed by atoms with E-state index in [9.17, 15) is 5.53 Å². The van der Waals surface area contributed by atoms with Crippen molar-refractivity contribution >= 4 is 22.6 Å². The van der Waals surface area contributed by atoms with Gasteiger partial charge in [0.15, 0.2) is 6.23 Å². The molecule has 1 fully saturated rings. The minimum atomic E-state index is -0.966.